The van der Waals surface area contributed by atoms with E-state index in [1.807, 2.05) is 55.5 Å². The standard InChI is InChI=1S/C23H28ClNO2/c1-3-17(2)27-19-13-11-18(12-14-19)25-22(26)23(15-7-4-8-16-23)20-9-5-6-10-21(20)24/h5-6,9-14,17H,3-4,7-8,15-16H2,1-2H3,(H,25,26). The molecule has 0 aliphatic heterocycles. The molecule has 144 valence electrons. The lowest BCUT2D eigenvalue weighted by Gasteiger charge is -2.37. The van der Waals surface area contributed by atoms with Gasteiger partial charge in [-0.3, -0.25) is 4.79 Å². The molecule has 0 radical (unpaired) electrons. The number of carbonyl (C=O) groups is 1. The van der Waals surface area contributed by atoms with Gasteiger partial charge in [-0.2, -0.15) is 0 Å². The lowest BCUT2D eigenvalue weighted by atomic mass is 9.68. The Balaban J connectivity index is 1.80. The van der Waals surface area contributed by atoms with Crippen LogP contribution in [0.5, 0.6) is 5.75 Å². The van der Waals surface area contributed by atoms with Crippen molar-refractivity contribution in [3.63, 3.8) is 0 Å². The smallest absolute Gasteiger partial charge is 0.235 e. The maximum Gasteiger partial charge on any atom is 0.235 e. The topological polar surface area (TPSA) is 38.3 Å². The van der Waals surface area contributed by atoms with E-state index in [1.165, 1.54) is 6.42 Å². The minimum atomic E-state index is -0.553. The van der Waals surface area contributed by atoms with Gasteiger partial charge in [0, 0.05) is 10.7 Å². The van der Waals surface area contributed by atoms with Crippen molar-refractivity contribution in [3.05, 3.63) is 59.1 Å². The van der Waals surface area contributed by atoms with Crippen molar-refractivity contribution >= 4 is 23.2 Å². The Labute approximate surface area is 167 Å². The van der Waals surface area contributed by atoms with Gasteiger partial charge in [0.2, 0.25) is 5.91 Å². The summed E-state index contributed by atoms with van der Waals surface area (Å²) < 4.78 is 5.81. The maximum atomic E-state index is 13.4. The highest BCUT2D eigenvalue weighted by Gasteiger charge is 2.42. The summed E-state index contributed by atoms with van der Waals surface area (Å²) in [6.45, 7) is 4.14. The highest BCUT2D eigenvalue weighted by molar-refractivity contribution is 6.31. The first-order chi connectivity index (χ1) is 13.0. The van der Waals surface area contributed by atoms with Crippen molar-refractivity contribution in [2.75, 3.05) is 5.32 Å². The van der Waals surface area contributed by atoms with Gasteiger partial charge in [-0.25, -0.2) is 0 Å². The molecule has 1 N–H and O–H groups in total. The van der Waals surface area contributed by atoms with E-state index in [0.29, 0.717) is 5.02 Å². The molecule has 2 aromatic rings. The van der Waals surface area contributed by atoms with E-state index in [9.17, 15) is 4.79 Å². The Kier molecular flexibility index (Phi) is 6.43. The molecule has 4 heteroatoms. The normalized spacial score (nSPS) is 17.1. The van der Waals surface area contributed by atoms with Crippen molar-refractivity contribution < 1.29 is 9.53 Å². The minimum Gasteiger partial charge on any atom is -0.491 e. The molecule has 3 rings (SSSR count). The van der Waals surface area contributed by atoms with Gasteiger partial charge >= 0.3 is 0 Å². The molecule has 1 saturated carbocycles. The van der Waals surface area contributed by atoms with Gasteiger partial charge in [0.1, 0.15) is 5.75 Å². The van der Waals surface area contributed by atoms with E-state index < -0.39 is 5.41 Å². The quantitative estimate of drug-likeness (QED) is 0.628. The summed E-state index contributed by atoms with van der Waals surface area (Å²) in [5, 5.41) is 3.79. The summed E-state index contributed by atoms with van der Waals surface area (Å²) in [7, 11) is 0. The SMILES string of the molecule is CCC(C)Oc1ccc(NC(=O)C2(c3ccccc3Cl)CCCCC2)cc1. The molecular formula is C23H28ClNO2. The van der Waals surface area contributed by atoms with Crippen LogP contribution < -0.4 is 10.1 Å². The summed E-state index contributed by atoms with van der Waals surface area (Å²) in [6.07, 6.45) is 6.05. The second-order valence-electron chi connectivity index (χ2n) is 7.44. The molecule has 1 fully saturated rings. The molecule has 0 aromatic heterocycles. The van der Waals surface area contributed by atoms with E-state index in [4.69, 9.17) is 16.3 Å². The second kappa shape index (κ2) is 8.79. The number of benzene rings is 2. The van der Waals surface area contributed by atoms with E-state index in [1.54, 1.807) is 0 Å². The molecule has 1 aliphatic carbocycles. The summed E-state index contributed by atoms with van der Waals surface area (Å²) in [5.74, 6) is 0.853. The summed E-state index contributed by atoms with van der Waals surface area (Å²) in [4.78, 5) is 13.4. The van der Waals surface area contributed by atoms with E-state index in [2.05, 4.69) is 12.2 Å². The molecule has 0 bridgehead atoms. The van der Waals surface area contributed by atoms with Crippen LogP contribution in [0, 0.1) is 0 Å². The van der Waals surface area contributed by atoms with Crippen molar-refractivity contribution in [1.29, 1.82) is 0 Å². The van der Waals surface area contributed by atoms with Crippen LogP contribution in [0.2, 0.25) is 5.02 Å². The predicted molar refractivity (Wildman–Crippen MR) is 112 cm³/mol. The third-order valence-corrected chi connectivity index (χ3v) is 5.89. The first-order valence-electron chi connectivity index (χ1n) is 9.88. The Hall–Kier alpha value is -2.00. The van der Waals surface area contributed by atoms with Crippen molar-refractivity contribution in [2.45, 2.75) is 63.9 Å². The monoisotopic (exact) mass is 385 g/mol. The Morgan fingerprint density at radius 2 is 1.78 bits per heavy atom. The summed E-state index contributed by atoms with van der Waals surface area (Å²) in [6, 6.07) is 15.4. The number of rotatable bonds is 6. The van der Waals surface area contributed by atoms with Gasteiger partial charge in [0.05, 0.1) is 11.5 Å². The molecule has 0 heterocycles. The molecule has 1 aliphatic rings. The number of amides is 1. The zero-order valence-corrected chi connectivity index (χ0v) is 16.9. The van der Waals surface area contributed by atoms with E-state index >= 15 is 0 Å². The van der Waals surface area contributed by atoms with Crippen LogP contribution in [0.4, 0.5) is 5.69 Å². The summed E-state index contributed by atoms with van der Waals surface area (Å²) >= 11 is 6.48. The minimum absolute atomic E-state index is 0.0332. The zero-order chi connectivity index (χ0) is 19.3. The largest absolute Gasteiger partial charge is 0.491 e. The van der Waals surface area contributed by atoms with E-state index in [0.717, 1.165) is 49.1 Å². The second-order valence-corrected chi connectivity index (χ2v) is 7.85. The van der Waals surface area contributed by atoms with Crippen molar-refractivity contribution in [1.82, 2.24) is 0 Å². The molecule has 1 atom stereocenters. The van der Waals surface area contributed by atoms with Crippen LogP contribution in [-0.4, -0.2) is 12.0 Å². The molecule has 1 amide bonds. The first-order valence-corrected chi connectivity index (χ1v) is 10.3. The average Bonchev–Trinajstić information content (AvgIpc) is 2.70. The number of nitrogens with one attached hydrogen (secondary N) is 1. The van der Waals surface area contributed by atoms with Gasteiger partial charge < -0.3 is 10.1 Å². The van der Waals surface area contributed by atoms with Crippen molar-refractivity contribution in [2.24, 2.45) is 0 Å². The van der Waals surface area contributed by atoms with Crippen LogP contribution in [0.3, 0.4) is 0 Å². The van der Waals surface area contributed by atoms with Gasteiger partial charge in [0.15, 0.2) is 0 Å². The number of carbonyl (C=O) groups excluding carboxylic acids is 1. The molecule has 0 saturated heterocycles. The van der Waals surface area contributed by atoms with Crippen molar-refractivity contribution in [3.8, 4) is 5.75 Å². The van der Waals surface area contributed by atoms with Crippen LogP contribution >= 0.6 is 11.6 Å². The molecular weight excluding hydrogens is 358 g/mol. The van der Waals surface area contributed by atoms with E-state index in [-0.39, 0.29) is 12.0 Å². The number of hydrogen-bond acceptors (Lipinski definition) is 2. The van der Waals surface area contributed by atoms with Crippen LogP contribution in [-0.2, 0) is 10.2 Å². The van der Waals surface area contributed by atoms with Crippen LogP contribution in [0.1, 0.15) is 57.9 Å². The highest BCUT2D eigenvalue weighted by Crippen LogP contribution is 2.43. The predicted octanol–water partition coefficient (Wildman–Crippen LogP) is 6.36. The first kappa shape index (κ1) is 19.8. The molecule has 0 spiro atoms. The zero-order valence-electron chi connectivity index (χ0n) is 16.1. The summed E-state index contributed by atoms with van der Waals surface area (Å²) in [5.41, 5.74) is 1.18. The van der Waals surface area contributed by atoms with Gasteiger partial charge in [-0.15, -0.1) is 0 Å². The van der Waals surface area contributed by atoms with Gasteiger partial charge in [0.25, 0.3) is 0 Å². The lowest BCUT2D eigenvalue weighted by molar-refractivity contribution is -0.122. The third-order valence-electron chi connectivity index (χ3n) is 5.56. The highest BCUT2D eigenvalue weighted by atomic mass is 35.5. The Morgan fingerprint density at radius 1 is 1.11 bits per heavy atom. The average molecular weight is 386 g/mol. The lowest BCUT2D eigenvalue weighted by Crippen LogP contribution is -2.42. The Morgan fingerprint density at radius 3 is 2.41 bits per heavy atom. The molecule has 27 heavy (non-hydrogen) atoms. The van der Waals surface area contributed by atoms with Gasteiger partial charge in [-0.05, 0) is 62.1 Å². The number of ether oxygens (including phenoxy) is 1. The third kappa shape index (κ3) is 4.47. The fourth-order valence-electron chi connectivity index (χ4n) is 3.81. The van der Waals surface area contributed by atoms with Crippen LogP contribution in [0.25, 0.3) is 0 Å². The van der Waals surface area contributed by atoms with Gasteiger partial charge in [-0.1, -0.05) is 56.0 Å². The molecule has 2 aromatic carbocycles. The fourth-order valence-corrected chi connectivity index (χ4v) is 4.12. The Bertz CT molecular complexity index is 766. The molecule has 1 unspecified atom stereocenters. The number of halogens is 1. The maximum absolute atomic E-state index is 13.4. The fraction of sp³-hybridized carbons (Fsp3) is 0.435. The van der Waals surface area contributed by atoms with Crippen LogP contribution in [0.15, 0.2) is 48.5 Å². The number of anilines is 1. The molecule has 3 nitrogen and oxygen atoms in total. The number of hydrogen-bond donors (Lipinski definition) is 1.